The Morgan fingerprint density at radius 3 is 2.69 bits per heavy atom. The van der Waals surface area contributed by atoms with Gasteiger partial charge in [0.05, 0.1) is 0 Å². The molecular weight excluding hydrogens is 350 g/mol. The number of benzene rings is 2. The number of nitrogens with zero attached hydrogens (tertiary/aromatic N) is 2. The minimum atomic E-state index is -0.0692. The van der Waals surface area contributed by atoms with Crippen molar-refractivity contribution >= 4 is 23.2 Å². The highest BCUT2D eigenvalue weighted by atomic mass is 35.5. The number of halogens is 1. The van der Waals surface area contributed by atoms with Gasteiger partial charge in [0.15, 0.2) is 0 Å². The lowest BCUT2D eigenvalue weighted by atomic mass is 10.1. The van der Waals surface area contributed by atoms with Crippen LogP contribution in [0.4, 0.5) is 5.69 Å². The van der Waals surface area contributed by atoms with E-state index in [4.69, 9.17) is 16.1 Å². The number of hydrogen-bond acceptors (Lipinski definition) is 4. The molecule has 0 aliphatic heterocycles. The second-order valence-electron chi connectivity index (χ2n) is 6.03. The second-order valence-corrected chi connectivity index (χ2v) is 6.47. The van der Waals surface area contributed by atoms with Crippen molar-refractivity contribution in [2.24, 2.45) is 0 Å². The van der Waals surface area contributed by atoms with Crippen LogP contribution in [0.25, 0.3) is 11.4 Å². The molecule has 0 bridgehead atoms. The number of aromatic nitrogens is 2. The van der Waals surface area contributed by atoms with E-state index in [1.54, 1.807) is 12.1 Å². The summed E-state index contributed by atoms with van der Waals surface area (Å²) >= 11 is 5.88. The molecule has 0 unspecified atom stereocenters. The summed E-state index contributed by atoms with van der Waals surface area (Å²) in [6, 6.07) is 13.2. The first-order valence-electron chi connectivity index (χ1n) is 8.53. The molecule has 26 heavy (non-hydrogen) atoms. The Morgan fingerprint density at radius 1 is 1.19 bits per heavy atom. The lowest BCUT2D eigenvalue weighted by Crippen LogP contribution is -2.14. The molecule has 3 rings (SSSR count). The third kappa shape index (κ3) is 4.29. The molecule has 1 N–H and O–H groups in total. The summed E-state index contributed by atoms with van der Waals surface area (Å²) in [5.41, 5.74) is 3.90. The fraction of sp³-hybridized carbons (Fsp3) is 0.250. The molecular formula is C20H20ClN3O2. The van der Waals surface area contributed by atoms with Crippen molar-refractivity contribution in [3.8, 4) is 11.4 Å². The number of hydrogen-bond donors (Lipinski definition) is 1. The molecule has 0 radical (unpaired) electrons. The maximum atomic E-state index is 12.3. The van der Waals surface area contributed by atoms with Gasteiger partial charge >= 0.3 is 0 Å². The number of para-hydroxylation sites is 1. The van der Waals surface area contributed by atoms with Crippen molar-refractivity contribution < 1.29 is 9.32 Å². The zero-order chi connectivity index (χ0) is 18.5. The van der Waals surface area contributed by atoms with E-state index in [1.807, 2.05) is 37.3 Å². The maximum absolute atomic E-state index is 12.3. The summed E-state index contributed by atoms with van der Waals surface area (Å²) in [5, 5.41) is 7.61. The number of rotatable bonds is 6. The van der Waals surface area contributed by atoms with Gasteiger partial charge in [-0.3, -0.25) is 4.79 Å². The summed E-state index contributed by atoms with van der Waals surface area (Å²) in [7, 11) is 0. The van der Waals surface area contributed by atoms with Gasteiger partial charge in [-0.15, -0.1) is 0 Å². The van der Waals surface area contributed by atoms with Gasteiger partial charge in [-0.2, -0.15) is 4.98 Å². The molecule has 0 fully saturated rings. The van der Waals surface area contributed by atoms with E-state index in [2.05, 4.69) is 22.4 Å². The highest BCUT2D eigenvalue weighted by molar-refractivity contribution is 6.30. The molecule has 5 nitrogen and oxygen atoms in total. The number of carbonyl (C=O) groups excluding carboxylic acids is 1. The van der Waals surface area contributed by atoms with Crippen molar-refractivity contribution in [2.75, 3.05) is 5.32 Å². The normalized spacial score (nSPS) is 10.7. The van der Waals surface area contributed by atoms with Gasteiger partial charge in [-0.25, -0.2) is 0 Å². The van der Waals surface area contributed by atoms with Gasteiger partial charge in [-0.1, -0.05) is 41.9 Å². The van der Waals surface area contributed by atoms with Crippen LogP contribution in [0.2, 0.25) is 5.02 Å². The first kappa shape index (κ1) is 18.1. The lowest BCUT2D eigenvalue weighted by Gasteiger charge is -2.12. The zero-order valence-electron chi connectivity index (χ0n) is 14.8. The van der Waals surface area contributed by atoms with E-state index in [0.29, 0.717) is 23.2 Å². The monoisotopic (exact) mass is 369 g/mol. The molecule has 0 atom stereocenters. The minimum absolute atomic E-state index is 0.0692. The Hall–Kier alpha value is -2.66. The molecule has 1 amide bonds. The molecule has 0 aliphatic rings. The Morgan fingerprint density at radius 2 is 1.96 bits per heavy atom. The van der Waals surface area contributed by atoms with Crippen molar-refractivity contribution in [1.82, 2.24) is 10.1 Å². The minimum Gasteiger partial charge on any atom is -0.339 e. The molecule has 6 heteroatoms. The highest BCUT2D eigenvalue weighted by Gasteiger charge is 2.12. The quantitative estimate of drug-likeness (QED) is 0.675. The largest absolute Gasteiger partial charge is 0.339 e. The molecule has 0 saturated carbocycles. The molecule has 134 valence electrons. The number of carbonyl (C=O) groups is 1. The fourth-order valence-corrected chi connectivity index (χ4v) is 2.82. The Labute approximate surface area is 157 Å². The number of aryl methyl sites for hydroxylation is 3. The van der Waals surface area contributed by atoms with Crippen LogP contribution in [-0.2, 0) is 17.6 Å². The first-order valence-corrected chi connectivity index (χ1v) is 8.91. The molecule has 1 heterocycles. The van der Waals surface area contributed by atoms with Gasteiger partial charge in [-0.05, 0) is 48.7 Å². The Kier molecular flexibility index (Phi) is 5.68. The molecule has 0 aliphatic carbocycles. The molecule has 0 saturated heterocycles. The predicted octanol–water partition coefficient (Wildman–Crippen LogP) is 4.83. The molecule has 1 aromatic heterocycles. The molecule has 2 aromatic carbocycles. The average Bonchev–Trinajstić information content (AvgIpc) is 3.11. The second kappa shape index (κ2) is 8.15. The van der Waals surface area contributed by atoms with E-state index in [0.717, 1.165) is 28.8 Å². The van der Waals surface area contributed by atoms with E-state index >= 15 is 0 Å². The van der Waals surface area contributed by atoms with Crippen molar-refractivity contribution in [3.63, 3.8) is 0 Å². The lowest BCUT2D eigenvalue weighted by molar-refractivity contribution is -0.116. The SMILES string of the molecule is CCc1cccc(C)c1NC(=O)CCc1nc(-c2ccc(Cl)cc2)no1. The summed E-state index contributed by atoms with van der Waals surface area (Å²) in [5.74, 6) is 0.857. The van der Waals surface area contributed by atoms with E-state index < -0.39 is 0 Å². The summed E-state index contributed by atoms with van der Waals surface area (Å²) in [4.78, 5) is 16.6. The molecule has 3 aromatic rings. The Bertz CT molecular complexity index is 904. The number of anilines is 1. The number of amides is 1. The van der Waals surface area contributed by atoms with Gasteiger partial charge < -0.3 is 9.84 Å². The smallest absolute Gasteiger partial charge is 0.227 e. The zero-order valence-corrected chi connectivity index (χ0v) is 15.5. The van der Waals surface area contributed by atoms with Gasteiger partial charge in [0.2, 0.25) is 17.6 Å². The van der Waals surface area contributed by atoms with Crippen LogP contribution in [0, 0.1) is 6.92 Å². The van der Waals surface area contributed by atoms with Crippen molar-refractivity contribution in [1.29, 1.82) is 0 Å². The van der Waals surface area contributed by atoms with E-state index in [9.17, 15) is 4.79 Å². The van der Waals surface area contributed by atoms with E-state index in [1.165, 1.54) is 0 Å². The highest BCUT2D eigenvalue weighted by Crippen LogP contribution is 2.22. The van der Waals surface area contributed by atoms with Crippen LogP contribution in [0.15, 0.2) is 47.0 Å². The topological polar surface area (TPSA) is 68.0 Å². The first-order chi connectivity index (χ1) is 12.6. The third-order valence-electron chi connectivity index (χ3n) is 4.14. The Balaban J connectivity index is 1.61. The van der Waals surface area contributed by atoms with Gasteiger partial charge in [0, 0.05) is 29.1 Å². The average molecular weight is 370 g/mol. The number of nitrogens with one attached hydrogen (secondary N) is 1. The van der Waals surface area contributed by atoms with Crippen LogP contribution in [-0.4, -0.2) is 16.0 Å². The third-order valence-corrected chi connectivity index (χ3v) is 4.39. The summed E-state index contributed by atoms with van der Waals surface area (Å²) in [6.07, 6.45) is 1.53. The van der Waals surface area contributed by atoms with Crippen molar-refractivity contribution in [2.45, 2.75) is 33.1 Å². The molecule has 0 spiro atoms. The van der Waals surface area contributed by atoms with Crippen molar-refractivity contribution in [3.05, 3.63) is 64.5 Å². The summed E-state index contributed by atoms with van der Waals surface area (Å²) < 4.78 is 5.24. The van der Waals surface area contributed by atoms with Crippen LogP contribution in [0.3, 0.4) is 0 Å². The van der Waals surface area contributed by atoms with E-state index in [-0.39, 0.29) is 12.3 Å². The predicted molar refractivity (Wildman–Crippen MR) is 102 cm³/mol. The van der Waals surface area contributed by atoms with Crippen LogP contribution in [0.5, 0.6) is 0 Å². The fourth-order valence-electron chi connectivity index (χ4n) is 2.70. The van der Waals surface area contributed by atoms with Crippen LogP contribution in [0.1, 0.15) is 30.4 Å². The summed E-state index contributed by atoms with van der Waals surface area (Å²) in [6.45, 7) is 4.06. The standard InChI is InChI=1S/C20H20ClN3O2/c1-3-14-6-4-5-13(2)19(14)22-17(25)11-12-18-23-20(24-26-18)15-7-9-16(21)10-8-15/h4-10H,3,11-12H2,1-2H3,(H,22,25). The maximum Gasteiger partial charge on any atom is 0.227 e. The van der Waals surface area contributed by atoms with Crippen LogP contribution >= 0.6 is 11.6 Å². The van der Waals surface area contributed by atoms with Gasteiger partial charge in [0.25, 0.3) is 0 Å². The van der Waals surface area contributed by atoms with Gasteiger partial charge in [0.1, 0.15) is 0 Å². The van der Waals surface area contributed by atoms with Crippen LogP contribution < -0.4 is 5.32 Å².